The molecule has 6 nitrogen and oxygen atoms in total. The molecule has 0 aromatic carbocycles. The van der Waals surface area contributed by atoms with Gasteiger partial charge in [-0.25, -0.2) is 4.98 Å². The van der Waals surface area contributed by atoms with Gasteiger partial charge in [-0.2, -0.15) is 0 Å². The second-order valence-corrected chi connectivity index (χ2v) is 7.93. The van der Waals surface area contributed by atoms with E-state index in [1.54, 1.807) is 36.2 Å². The fraction of sp³-hybridized carbons (Fsp3) is 0.412. The minimum atomic E-state index is -0.130. The van der Waals surface area contributed by atoms with E-state index < -0.39 is 0 Å². The van der Waals surface area contributed by atoms with Crippen LogP contribution in [0, 0.1) is 0 Å². The van der Waals surface area contributed by atoms with Crippen molar-refractivity contribution < 1.29 is 0 Å². The molecule has 1 aliphatic carbocycles. The van der Waals surface area contributed by atoms with Crippen LogP contribution in [0.3, 0.4) is 0 Å². The van der Waals surface area contributed by atoms with Gasteiger partial charge in [0.25, 0.3) is 5.56 Å². The number of nitrogens with zero attached hydrogens (tertiary/aromatic N) is 5. The van der Waals surface area contributed by atoms with E-state index in [0.717, 1.165) is 16.7 Å². The van der Waals surface area contributed by atoms with Crippen molar-refractivity contribution in [2.45, 2.75) is 49.6 Å². The molecule has 0 unspecified atom stereocenters. The van der Waals surface area contributed by atoms with E-state index in [-0.39, 0.29) is 5.56 Å². The second-order valence-electron chi connectivity index (χ2n) is 6.55. The van der Waals surface area contributed by atoms with E-state index in [2.05, 4.69) is 33.6 Å². The molecular formula is C17H18ClN5OS. The molecule has 1 aliphatic rings. The minimum absolute atomic E-state index is 0.130. The molecule has 0 saturated heterocycles. The summed E-state index contributed by atoms with van der Waals surface area (Å²) in [5.74, 6) is 1.96. The number of rotatable bonds is 5. The molecule has 0 aliphatic heterocycles. The Morgan fingerprint density at radius 3 is 2.84 bits per heavy atom. The van der Waals surface area contributed by atoms with Crippen molar-refractivity contribution in [1.29, 1.82) is 0 Å². The van der Waals surface area contributed by atoms with Crippen molar-refractivity contribution >= 4 is 29.0 Å². The molecule has 0 atom stereocenters. The largest absolute Gasteiger partial charge is 0.303 e. The average Bonchev–Trinajstić information content (AvgIpc) is 3.32. The smallest absolute Gasteiger partial charge is 0.258 e. The van der Waals surface area contributed by atoms with E-state index in [4.69, 9.17) is 11.6 Å². The molecule has 0 radical (unpaired) electrons. The molecule has 1 saturated carbocycles. The van der Waals surface area contributed by atoms with Gasteiger partial charge in [0.15, 0.2) is 5.16 Å². The van der Waals surface area contributed by atoms with Crippen LogP contribution in [-0.4, -0.2) is 24.1 Å². The van der Waals surface area contributed by atoms with Crippen LogP contribution >= 0.6 is 23.4 Å². The summed E-state index contributed by atoms with van der Waals surface area (Å²) in [5, 5.41) is 10.1. The fourth-order valence-corrected chi connectivity index (χ4v) is 3.86. The van der Waals surface area contributed by atoms with Crippen LogP contribution in [0.15, 0.2) is 34.3 Å². The SMILES string of the molecule is CC(C)c1nnc(SCc2cc(=O)n3cc(Cl)ccc3n2)n1C1CC1. The first-order valence-corrected chi connectivity index (χ1v) is 9.64. The maximum atomic E-state index is 12.3. The van der Waals surface area contributed by atoms with Gasteiger partial charge in [0.05, 0.1) is 10.7 Å². The van der Waals surface area contributed by atoms with Gasteiger partial charge in [-0.1, -0.05) is 37.2 Å². The number of thioether (sulfide) groups is 1. The summed E-state index contributed by atoms with van der Waals surface area (Å²) in [5.41, 5.74) is 1.20. The van der Waals surface area contributed by atoms with Gasteiger partial charge in [-0.3, -0.25) is 9.20 Å². The van der Waals surface area contributed by atoms with Crippen molar-refractivity contribution in [3.8, 4) is 0 Å². The van der Waals surface area contributed by atoms with E-state index in [9.17, 15) is 4.79 Å². The standard InChI is InChI=1S/C17H18ClN5OS/c1-10(2)16-20-21-17(23(16)13-4-5-13)25-9-12-7-15(24)22-8-11(18)3-6-14(22)19-12/h3,6-8,10,13H,4-5,9H2,1-2H3. The lowest BCUT2D eigenvalue weighted by atomic mass is 10.2. The Labute approximate surface area is 154 Å². The Morgan fingerprint density at radius 1 is 1.32 bits per heavy atom. The van der Waals surface area contributed by atoms with Gasteiger partial charge in [0.2, 0.25) is 0 Å². The predicted octanol–water partition coefficient (Wildman–Crippen LogP) is 3.69. The first kappa shape index (κ1) is 16.6. The lowest BCUT2D eigenvalue weighted by Crippen LogP contribution is -2.15. The molecule has 8 heteroatoms. The van der Waals surface area contributed by atoms with Crippen LogP contribution in [0.5, 0.6) is 0 Å². The third-order valence-corrected chi connectivity index (χ3v) is 5.35. The summed E-state index contributed by atoms with van der Waals surface area (Å²) in [6, 6.07) is 5.56. The van der Waals surface area contributed by atoms with Gasteiger partial charge in [0, 0.05) is 30.0 Å². The van der Waals surface area contributed by atoms with Crippen molar-refractivity contribution in [2.24, 2.45) is 0 Å². The molecule has 4 rings (SSSR count). The zero-order valence-electron chi connectivity index (χ0n) is 14.0. The lowest BCUT2D eigenvalue weighted by Gasteiger charge is -2.10. The van der Waals surface area contributed by atoms with Crippen molar-refractivity contribution in [2.75, 3.05) is 0 Å². The highest BCUT2D eigenvalue weighted by Crippen LogP contribution is 2.40. The molecular weight excluding hydrogens is 358 g/mol. The van der Waals surface area contributed by atoms with Crippen molar-refractivity contribution in [3.05, 3.63) is 51.3 Å². The third-order valence-electron chi connectivity index (χ3n) is 4.15. The van der Waals surface area contributed by atoms with E-state index in [1.165, 1.54) is 17.2 Å². The van der Waals surface area contributed by atoms with Gasteiger partial charge < -0.3 is 4.57 Å². The molecule has 0 N–H and O–H groups in total. The number of hydrogen-bond acceptors (Lipinski definition) is 5. The van der Waals surface area contributed by atoms with Crippen LogP contribution in [0.1, 0.15) is 50.2 Å². The van der Waals surface area contributed by atoms with Gasteiger partial charge in [0.1, 0.15) is 11.5 Å². The fourth-order valence-electron chi connectivity index (χ4n) is 2.79. The molecule has 1 fully saturated rings. The summed E-state index contributed by atoms with van der Waals surface area (Å²) in [7, 11) is 0. The van der Waals surface area contributed by atoms with Gasteiger partial charge in [-0.15, -0.1) is 10.2 Å². The van der Waals surface area contributed by atoms with Crippen LogP contribution in [-0.2, 0) is 5.75 Å². The molecule has 0 spiro atoms. The Balaban J connectivity index is 1.61. The monoisotopic (exact) mass is 375 g/mol. The molecule has 3 aromatic rings. The first-order chi connectivity index (χ1) is 12.0. The highest BCUT2D eigenvalue weighted by atomic mass is 35.5. The molecule has 3 aromatic heterocycles. The predicted molar refractivity (Wildman–Crippen MR) is 98.4 cm³/mol. The minimum Gasteiger partial charge on any atom is -0.303 e. The summed E-state index contributed by atoms with van der Waals surface area (Å²) in [6.45, 7) is 4.27. The number of halogens is 1. The van der Waals surface area contributed by atoms with E-state index >= 15 is 0 Å². The molecule has 0 bridgehead atoms. The topological polar surface area (TPSA) is 65.1 Å². The number of hydrogen-bond donors (Lipinski definition) is 0. The molecule has 0 amide bonds. The Morgan fingerprint density at radius 2 is 2.12 bits per heavy atom. The molecule has 25 heavy (non-hydrogen) atoms. The highest BCUT2D eigenvalue weighted by Gasteiger charge is 2.30. The number of pyridine rings is 1. The number of fused-ring (bicyclic) bond motifs is 1. The zero-order chi connectivity index (χ0) is 17.6. The average molecular weight is 376 g/mol. The van der Waals surface area contributed by atoms with Crippen LogP contribution in [0.25, 0.3) is 5.65 Å². The summed E-state index contributed by atoms with van der Waals surface area (Å²) in [6.07, 6.45) is 3.95. The molecule has 130 valence electrons. The maximum absolute atomic E-state index is 12.3. The maximum Gasteiger partial charge on any atom is 0.258 e. The van der Waals surface area contributed by atoms with E-state index in [0.29, 0.717) is 28.4 Å². The number of aromatic nitrogens is 5. The Hall–Kier alpha value is -1.86. The Kier molecular flexibility index (Phi) is 4.29. The van der Waals surface area contributed by atoms with Gasteiger partial charge >= 0.3 is 0 Å². The Bertz CT molecular complexity index is 992. The second kappa shape index (κ2) is 6.46. The summed E-state index contributed by atoms with van der Waals surface area (Å²) >= 11 is 7.52. The van der Waals surface area contributed by atoms with Crippen LogP contribution in [0.4, 0.5) is 0 Å². The highest BCUT2D eigenvalue weighted by molar-refractivity contribution is 7.98. The van der Waals surface area contributed by atoms with Gasteiger partial charge in [-0.05, 0) is 25.0 Å². The zero-order valence-corrected chi connectivity index (χ0v) is 15.6. The summed E-state index contributed by atoms with van der Waals surface area (Å²) < 4.78 is 3.71. The van der Waals surface area contributed by atoms with Crippen molar-refractivity contribution in [1.82, 2.24) is 24.1 Å². The normalized spacial score (nSPS) is 14.6. The molecule has 3 heterocycles. The quantitative estimate of drug-likeness (QED) is 0.636. The third kappa shape index (κ3) is 3.30. The van der Waals surface area contributed by atoms with Crippen LogP contribution < -0.4 is 5.56 Å². The van der Waals surface area contributed by atoms with E-state index in [1.807, 2.05) is 0 Å². The van der Waals surface area contributed by atoms with Crippen molar-refractivity contribution in [3.63, 3.8) is 0 Å². The summed E-state index contributed by atoms with van der Waals surface area (Å²) in [4.78, 5) is 16.8. The lowest BCUT2D eigenvalue weighted by molar-refractivity contribution is 0.599. The van der Waals surface area contributed by atoms with Crippen LogP contribution in [0.2, 0.25) is 5.02 Å². The first-order valence-electron chi connectivity index (χ1n) is 8.28.